The van der Waals surface area contributed by atoms with E-state index >= 15 is 0 Å². The molecule has 0 aliphatic carbocycles. The van der Waals surface area contributed by atoms with Gasteiger partial charge in [0, 0.05) is 18.1 Å². The molecule has 0 unspecified atom stereocenters. The second kappa shape index (κ2) is 3.57. The number of hydrogen-bond donors (Lipinski definition) is 1. The first kappa shape index (κ1) is 9.45. The van der Waals surface area contributed by atoms with Gasteiger partial charge in [-0.05, 0) is 30.3 Å². The first-order valence-corrected chi connectivity index (χ1v) is 4.34. The minimum Gasteiger partial charge on any atom is -0.478 e. The zero-order valence-electron chi connectivity index (χ0n) is 7.72. The molecule has 0 amide bonds. The fourth-order valence-electron chi connectivity index (χ4n) is 1.34. The molecule has 1 aromatic heterocycles. The van der Waals surface area contributed by atoms with Crippen LogP contribution in [0.15, 0.2) is 42.7 Å². The van der Waals surface area contributed by atoms with Crippen LogP contribution < -0.4 is 0 Å². The Bertz CT molecular complexity index is 491. The van der Waals surface area contributed by atoms with Crippen molar-refractivity contribution >= 4 is 5.97 Å². The highest BCUT2D eigenvalue weighted by molar-refractivity contribution is 5.88. The Morgan fingerprint density at radius 3 is 2.47 bits per heavy atom. The summed E-state index contributed by atoms with van der Waals surface area (Å²) < 4.78 is 15.0. The van der Waals surface area contributed by atoms with Gasteiger partial charge in [-0.3, -0.25) is 0 Å². The summed E-state index contributed by atoms with van der Waals surface area (Å²) in [6.07, 6.45) is 3.52. The molecular formula is C11H8FNO2. The largest absolute Gasteiger partial charge is 0.478 e. The van der Waals surface area contributed by atoms with Crippen LogP contribution in [0.4, 0.5) is 4.39 Å². The Hall–Kier alpha value is -2.10. The van der Waals surface area contributed by atoms with Gasteiger partial charge in [0.25, 0.3) is 0 Å². The molecule has 2 aromatic rings. The lowest BCUT2D eigenvalue weighted by atomic mass is 10.2. The van der Waals surface area contributed by atoms with Crippen LogP contribution in [0, 0.1) is 5.82 Å². The Labute approximate surface area is 85.4 Å². The van der Waals surface area contributed by atoms with Crippen LogP contribution in [-0.2, 0) is 0 Å². The molecule has 4 heteroatoms. The van der Waals surface area contributed by atoms with E-state index in [0.717, 1.165) is 0 Å². The van der Waals surface area contributed by atoms with E-state index < -0.39 is 11.8 Å². The number of halogens is 1. The van der Waals surface area contributed by atoms with E-state index in [-0.39, 0.29) is 5.56 Å². The molecule has 2 rings (SSSR count). The van der Waals surface area contributed by atoms with Crippen LogP contribution in [0.3, 0.4) is 0 Å². The van der Waals surface area contributed by atoms with Gasteiger partial charge in [-0.1, -0.05) is 0 Å². The zero-order chi connectivity index (χ0) is 10.8. The van der Waals surface area contributed by atoms with Crippen LogP contribution in [0.5, 0.6) is 0 Å². The highest BCUT2D eigenvalue weighted by Gasteiger charge is 2.10. The summed E-state index contributed by atoms with van der Waals surface area (Å²) in [5.74, 6) is -1.99. The van der Waals surface area contributed by atoms with Crippen LogP contribution in [0.1, 0.15) is 10.4 Å². The zero-order valence-corrected chi connectivity index (χ0v) is 7.72. The van der Waals surface area contributed by atoms with Gasteiger partial charge < -0.3 is 9.67 Å². The number of aromatic nitrogens is 1. The average Bonchev–Trinajstić information content (AvgIpc) is 2.69. The molecule has 0 fully saturated rings. The average molecular weight is 205 g/mol. The Balaban J connectivity index is 2.47. The molecule has 0 saturated carbocycles. The lowest BCUT2D eigenvalue weighted by Gasteiger charge is -2.04. The second-order valence-electron chi connectivity index (χ2n) is 3.06. The standard InChI is InChI=1S/C11H8FNO2/c12-10-7-8(13-5-1-2-6-13)3-4-9(10)11(14)15/h1-7H,(H,14,15). The fraction of sp³-hybridized carbons (Fsp3) is 0. The van der Waals surface area contributed by atoms with Gasteiger partial charge in [0.1, 0.15) is 5.82 Å². The molecule has 0 aliphatic rings. The van der Waals surface area contributed by atoms with Crippen molar-refractivity contribution in [1.82, 2.24) is 4.57 Å². The van der Waals surface area contributed by atoms with E-state index in [1.807, 2.05) is 12.1 Å². The topological polar surface area (TPSA) is 42.2 Å². The number of benzene rings is 1. The predicted octanol–water partition coefficient (Wildman–Crippen LogP) is 2.31. The molecule has 1 N–H and O–H groups in total. The number of carboxylic acid groups (broad SMARTS) is 1. The summed E-state index contributed by atoms with van der Waals surface area (Å²) in [6.45, 7) is 0. The van der Waals surface area contributed by atoms with Crippen LogP contribution in [-0.4, -0.2) is 15.6 Å². The van der Waals surface area contributed by atoms with Crippen molar-refractivity contribution in [1.29, 1.82) is 0 Å². The number of rotatable bonds is 2. The summed E-state index contributed by atoms with van der Waals surface area (Å²) in [7, 11) is 0. The minimum atomic E-state index is -1.26. The van der Waals surface area contributed by atoms with Crippen molar-refractivity contribution in [2.24, 2.45) is 0 Å². The molecular weight excluding hydrogens is 197 g/mol. The van der Waals surface area contributed by atoms with Gasteiger partial charge in [-0.25, -0.2) is 9.18 Å². The van der Waals surface area contributed by atoms with Crippen molar-refractivity contribution in [2.75, 3.05) is 0 Å². The third kappa shape index (κ3) is 1.74. The van der Waals surface area contributed by atoms with Gasteiger partial charge in [-0.15, -0.1) is 0 Å². The molecule has 0 aliphatic heterocycles. The fourth-order valence-corrected chi connectivity index (χ4v) is 1.34. The molecule has 0 bridgehead atoms. The van der Waals surface area contributed by atoms with E-state index in [1.54, 1.807) is 23.0 Å². The number of hydrogen-bond acceptors (Lipinski definition) is 1. The van der Waals surface area contributed by atoms with Gasteiger partial charge in [0.2, 0.25) is 0 Å². The molecule has 0 spiro atoms. The first-order chi connectivity index (χ1) is 7.18. The summed E-state index contributed by atoms with van der Waals surface area (Å²) in [5.41, 5.74) is 0.286. The quantitative estimate of drug-likeness (QED) is 0.817. The van der Waals surface area contributed by atoms with Crippen LogP contribution in [0.25, 0.3) is 5.69 Å². The predicted molar refractivity (Wildman–Crippen MR) is 52.7 cm³/mol. The van der Waals surface area contributed by atoms with Crippen molar-refractivity contribution in [3.8, 4) is 5.69 Å². The van der Waals surface area contributed by atoms with Crippen molar-refractivity contribution in [3.63, 3.8) is 0 Å². The maximum absolute atomic E-state index is 13.3. The third-order valence-corrected chi connectivity index (χ3v) is 2.09. The van der Waals surface area contributed by atoms with Crippen molar-refractivity contribution < 1.29 is 14.3 Å². The second-order valence-corrected chi connectivity index (χ2v) is 3.06. The van der Waals surface area contributed by atoms with Gasteiger partial charge in [0.05, 0.1) is 5.56 Å². The van der Waals surface area contributed by atoms with E-state index in [2.05, 4.69) is 0 Å². The van der Waals surface area contributed by atoms with E-state index in [4.69, 9.17) is 5.11 Å². The van der Waals surface area contributed by atoms with Crippen molar-refractivity contribution in [2.45, 2.75) is 0 Å². The Morgan fingerprint density at radius 1 is 1.27 bits per heavy atom. The highest BCUT2D eigenvalue weighted by Crippen LogP contribution is 2.14. The van der Waals surface area contributed by atoms with Crippen molar-refractivity contribution in [3.05, 3.63) is 54.1 Å². The Morgan fingerprint density at radius 2 is 1.93 bits per heavy atom. The van der Waals surface area contributed by atoms with Gasteiger partial charge in [-0.2, -0.15) is 0 Å². The van der Waals surface area contributed by atoms with Gasteiger partial charge >= 0.3 is 5.97 Å². The van der Waals surface area contributed by atoms with Crippen LogP contribution >= 0.6 is 0 Å². The molecule has 3 nitrogen and oxygen atoms in total. The maximum atomic E-state index is 13.3. The van der Waals surface area contributed by atoms with E-state index in [0.29, 0.717) is 5.69 Å². The normalized spacial score (nSPS) is 10.2. The SMILES string of the molecule is O=C(O)c1ccc(-n2cccc2)cc1F. The van der Waals surface area contributed by atoms with Crippen LogP contribution in [0.2, 0.25) is 0 Å². The number of carbonyl (C=O) groups is 1. The first-order valence-electron chi connectivity index (χ1n) is 4.34. The number of carboxylic acids is 1. The number of aromatic carboxylic acids is 1. The Kier molecular flexibility index (Phi) is 2.25. The maximum Gasteiger partial charge on any atom is 0.338 e. The molecule has 0 saturated heterocycles. The smallest absolute Gasteiger partial charge is 0.338 e. The minimum absolute atomic E-state index is 0.314. The monoisotopic (exact) mass is 205 g/mol. The summed E-state index contributed by atoms with van der Waals surface area (Å²) in [6, 6.07) is 7.63. The molecule has 0 radical (unpaired) electrons. The van der Waals surface area contributed by atoms with E-state index in [1.165, 1.54) is 12.1 Å². The lowest BCUT2D eigenvalue weighted by molar-refractivity contribution is 0.0692. The molecule has 15 heavy (non-hydrogen) atoms. The lowest BCUT2D eigenvalue weighted by Crippen LogP contribution is -2.01. The summed E-state index contributed by atoms with van der Waals surface area (Å²) >= 11 is 0. The van der Waals surface area contributed by atoms with E-state index in [9.17, 15) is 9.18 Å². The molecule has 76 valence electrons. The molecule has 1 aromatic carbocycles. The van der Waals surface area contributed by atoms with Gasteiger partial charge in [0.15, 0.2) is 0 Å². The molecule has 0 atom stereocenters. The number of nitrogens with zero attached hydrogens (tertiary/aromatic N) is 1. The third-order valence-electron chi connectivity index (χ3n) is 2.09. The molecule has 1 heterocycles. The highest BCUT2D eigenvalue weighted by atomic mass is 19.1. The summed E-state index contributed by atoms with van der Waals surface area (Å²) in [5, 5.41) is 8.64. The summed E-state index contributed by atoms with van der Waals surface area (Å²) in [4.78, 5) is 10.6.